The molecule has 0 fully saturated rings. The zero-order chi connectivity index (χ0) is 21.2. The van der Waals surface area contributed by atoms with Crippen molar-refractivity contribution in [3.05, 3.63) is 66.0 Å². The van der Waals surface area contributed by atoms with Gasteiger partial charge in [0.15, 0.2) is 0 Å². The van der Waals surface area contributed by atoms with Crippen LogP contribution in [0.25, 0.3) is 0 Å². The first-order valence-electron chi connectivity index (χ1n) is 9.31. The van der Waals surface area contributed by atoms with Gasteiger partial charge in [0.05, 0.1) is 20.6 Å². The molecule has 0 saturated carbocycles. The predicted molar refractivity (Wildman–Crippen MR) is 113 cm³/mol. The molecule has 0 aliphatic carbocycles. The minimum absolute atomic E-state index is 0.0245. The molecule has 0 aromatic heterocycles. The molecule has 28 heavy (non-hydrogen) atoms. The van der Waals surface area contributed by atoms with Gasteiger partial charge in [-0.15, -0.1) is 0 Å². The molecule has 1 unspecified atom stereocenters. The van der Waals surface area contributed by atoms with Crippen molar-refractivity contribution in [1.29, 1.82) is 0 Å². The Morgan fingerprint density at radius 3 is 2.32 bits per heavy atom. The number of allylic oxidation sites excluding steroid dienone is 4. The highest BCUT2D eigenvalue weighted by molar-refractivity contribution is 6.08. The Labute approximate surface area is 169 Å². The Hall–Kier alpha value is -2.02. The third-order valence-electron chi connectivity index (χ3n) is 4.48. The van der Waals surface area contributed by atoms with Gasteiger partial charge in [-0.25, -0.2) is 0 Å². The Bertz CT molecular complexity index is 664. The number of rotatable bonds is 12. The Balaban J connectivity index is 2.75. The van der Waals surface area contributed by atoms with Crippen LogP contribution in [0.1, 0.15) is 26.3 Å². The van der Waals surface area contributed by atoms with Crippen LogP contribution in [0.2, 0.25) is 6.32 Å². The van der Waals surface area contributed by atoms with Crippen molar-refractivity contribution in [2.45, 2.75) is 44.7 Å². The van der Waals surface area contributed by atoms with Gasteiger partial charge in [-0.1, -0.05) is 45.0 Å². The summed E-state index contributed by atoms with van der Waals surface area (Å²) in [4.78, 5) is 0. The van der Waals surface area contributed by atoms with Crippen LogP contribution in [0, 0.1) is 0 Å². The molecule has 0 aliphatic heterocycles. The van der Waals surface area contributed by atoms with Crippen LogP contribution in [0.5, 0.6) is 5.75 Å². The molecule has 152 valence electrons. The number of aliphatic hydroxyl groups excluding tert-OH is 3. The SMILES string of the molecule is [B]CC(O)COc1ccc(C(C)(C)C(=C)/C=C\C(=C/C)OC[C@@H](O)CO)cc1. The first-order valence-corrected chi connectivity index (χ1v) is 9.31. The Morgan fingerprint density at radius 2 is 1.79 bits per heavy atom. The molecule has 0 saturated heterocycles. The zero-order valence-corrected chi connectivity index (χ0v) is 17.0. The summed E-state index contributed by atoms with van der Waals surface area (Å²) in [6.07, 6.45) is 4.02. The van der Waals surface area contributed by atoms with Gasteiger partial charge in [0, 0.05) is 5.41 Å². The van der Waals surface area contributed by atoms with E-state index in [0.29, 0.717) is 11.5 Å². The van der Waals surface area contributed by atoms with Crippen molar-refractivity contribution in [3.63, 3.8) is 0 Å². The van der Waals surface area contributed by atoms with Crippen molar-refractivity contribution in [3.8, 4) is 5.75 Å². The lowest BCUT2D eigenvalue weighted by molar-refractivity contribution is 0.0328. The summed E-state index contributed by atoms with van der Waals surface area (Å²) >= 11 is 0. The molecule has 1 aromatic carbocycles. The third-order valence-corrected chi connectivity index (χ3v) is 4.48. The maximum Gasteiger partial charge on any atom is 0.119 e. The number of hydrogen-bond acceptors (Lipinski definition) is 5. The second-order valence-corrected chi connectivity index (χ2v) is 7.05. The molecule has 0 bridgehead atoms. The summed E-state index contributed by atoms with van der Waals surface area (Å²) in [5.41, 5.74) is 1.62. The second-order valence-electron chi connectivity index (χ2n) is 7.05. The van der Waals surface area contributed by atoms with E-state index in [1.807, 2.05) is 37.3 Å². The van der Waals surface area contributed by atoms with Gasteiger partial charge < -0.3 is 24.8 Å². The van der Waals surface area contributed by atoms with Crippen LogP contribution in [-0.4, -0.2) is 55.2 Å². The smallest absolute Gasteiger partial charge is 0.119 e. The molecule has 3 N–H and O–H groups in total. The average Bonchev–Trinajstić information content (AvgIpc) is 2.71. The topological polar surface area (TPSA) is 79.2 Å². The minimum Gasteiger partial charge on any atom is -0.491 e. The van der Waals surface area contributed by atoms with Crippen molar-refractivity contribution >= 4 is 7.85 Å². The fourth-order valence-corrected chi connectivity index (χ4v) is 2.28. The van der Waals surface area contributed by atoms with Crippen LogP contribution in [-0.2, 0) is 10.2 Å². The second kappa shape index (κ2) is 11.7. The summed E-state index contributed by atoms with van der Waals surface area (Å²) < 4.78 is 11.0. The largest absolute Gasteiger partial charge is 0.491 e. The lowest BCUT2D eigenvalue weighted by atomic mass is 9.78. The molecule has 2 atom stereocenters. The lowest BCUT2D eigenvalue weighted by Gasteiger charge is -2.26. The van der Waals surface area contributed by atoms with Crippen molar-refractivity contribution < 1.29 is 24.8 Å². The van der Waals surface area contributed by atoms with Crippen LogP contribution in [0.3, 0.4) is 0 Å². The van der Waals surface area contributed by atoms with Gasteiger partial charge in [0.25, 0.3) is 0 Å². The van der Waals surface area contributed by atoms with Crippen molar-refractivity contribution in [2.75, 3.05) is 19.8 Å². The molecule has 6 heteroatoms. The van der Waals surface area contributed by atoms with Crippen molar-refractivity contribution in [2.24, 2.45) is 0 Å². The molecular formula is C22H31BO5. The van der Waals surface area contributed by atoms with E-state index in [4.69, 9.17) is 22.4 Å². The van der Waals surface area contributed by atoms with Gasteiger partial charge in [-0.3, -0.25) is 0 Å². The molecule has 5 nitrogen and oxygen atoms in total. The van der Waals surface area contributed by atoms with Crippen LogP contribution in [0.15, 0.2) is 60.4 Å². The van der Waals surface area contributed by atoms with Crippen LogP contribution >= 0.6 is 0 Å². The summed E-state index contributed by atoms with van der Waals surface area (Å²) in [6, 6.07) is 7.64. The Kier molecular flexibility index (Phi) is 10.1. The fraction of sp³-hybridized carbons (Fsp3) is 0.455. The minimum atomic E-state index is -0.908. The summed E-state index contributed by atoms with van der Waals surface area (Å²) in [5, 5.41) is 27.7. The highest BCUT2D eigenvalue weighted by atomic mass is 16.5. The zero-order valence-electron chi connectivity index (χ0n) is 17.0. The molecular weight excluding hydrogens is 355 g/mol. The molecule has 0 aliphatic rings. The Morgan fingerprint density at radius 1 is 1.14 bits per heavy atom. The summed E-state index contributed by atoms with van der Waals surface area (Å²) in [5.74, 6) is 1.26. The highest BCUT2D eigenvalue weighted by Gasteiger charge is 2.22. The number of benzene rings is 1. The quantitative estimate of drug-likeness (QED) is 0.293. The third kappa shape index (κ3) is 7.54. The molecule has 0 heterocycles. The van der Waals surface area contributed by atoms with E-state index < -0.39 is 12.2 Å². The van der Waals surface area contributed by atoms with Gasteiger partial charge in [0.1, 0.15) is 30.8 Å². The summed E-state index contributed by atoms with van der Waals surface area (Å²) in [7, 11) is 5.37. The average molecular weight is 386 g/mol. The van der Waals surface area contributed by atoms with E-state index in [0.717, 1.165) is 11.1 Å². The van der Waals surface area contributed by atoms with E-state index in [-0.39, 0.29) is 31.6 Å². The van der Waals surface area contributed by atoms with E-state index in [9.17, 15) is 10.2 Å². The molecule has 1 aromatic rings. The first-order chi connectivity index (χ1) is 13.2. The lowest BCUT2D eigenvalue weighted by Crippen LogP contribution is -2.20. The van der Waals surface area contributed by atoms with E-state index in [2.05, 4.69) is 20.4 Å². The molecule has 2 radical (unpaired) electrons. The van der Waals surface area contributed by atoms with Gasteiger partial charge in [-0.05, 0) is 42.3 Å². The normalized spacial score (nSPS) is 14.7. The van der Waals surface area contributed by atoms with E-state index in [1.165, 1.54) is 0 Å². The summed E-state index contributed by atoms with van der Waals surface area (Å²) in [6.45, 7) is 9.99. The predicted octanol–water partition coefficient (Wildman–Crippen LogP) is 2.68. The van der Waals surface area contributed by atoms with E-state index >= 15 is 0 Å². The van der Waals surface area contributed by atoms with E-state index in [1.54, 1.807) is 12.2 Å². The number of ether oxygens (including phenoxy) is 2. The molecule has 0 amide bonds. The standard InChI is InChI=1S/C22H31BO5/c1-5-20(27-15-19(26)13-24)9-6-16(2)22(3,4)17-7-10-21(11-8-17)28-14-18(25)12-23/h5-11,18-19,24-26H,2,12-15H2,1,3-4H3/b9-6-,20-5+/t18?,19-/m0/s1. The highest BCUT2D eigenvalue weighted by Crippen LogP contribution is 2.32. The first kappa shape index (κ1) is 24.0. The fourth-order valence-electron chi connectivity index (χ4n) is 2.28. The monoisotopic (exact) mass is 386 g/mol. The number of hydrogen-bond donors (Lipinski definition) is 3. The van der Waals surface area contributed by atoms with Gasteiger partial charge in [-0.2, -0.15) is 0 Å². The maximum absolute atomic E-state index is 9.47. The van der Waals surface area contributed by atoms with Crippen LogP contribution in [0.4, 0.5) is 0 Å². The number of aliphatic hydroxyl groups is 3. The van der Waals surface area contributed by atoms with Gasteiger partial charge >= 0.3 is 0 Å². The van der Waals surface area contributed by atoms with Crippen LogP contribution < -0.4 is 4.74 Å². The van der Waals surface area contributed by atoms with Crippen molar-refractivity contribution in [1.82, 2.24) is 0 Å². The maximum atomic E-state index is 9.47. The molecule has 1 rings (SSSR count). The molecule has 0 spiro atoms. The van der Waals surface area contributed by atoms with Gasteiger partial charge in [0.2, 0.25) is 0 Å².